The number of fused-ring (bicyclic) bond motifs is 5. The van der Waals surface area contributed by atoms with E-state index in [9.17, 15) is 4.79 Å². The van der Waals surface area contributed by atoms with Gasteiger partial charge in [0.05, 0.1) is 6.54 Å². The van der Waals surface area contributed by atoms with Crippen LogP contribution in [0.1, 0.15) is 111 Å². The highest BCUT2D eigenvalue weighted by atomic mass is 32.1. The number of nitrogens with zero attached hydrogens (tertiary/aromatic N) is 1. The van der Waals surface area contributed by atoms with Gasteiger partial charge < -0.3 is 10.5 Å². The molecule has 4 aliphatic carbocycles. The minimum Gasteiger partial charge on any atom is -0.355 e. The van der Waals surface area contributed by atoms with Crippen molar-refractivity contribution in [1.82, 2.24) is 9.79 Å². The zero-order chi connectivity index (χ0) is 23.4. The zero-order valence-electron chi connectivity index (χ0n) is 21.2. The summed E-state index contributed by atoms with van der Waals surface area (Å²) in [6, 6.07) is 0. The van der Waals surface area contributed by atoms with E-state index in [0.717, 1.165) is 40.5 Å². The zero-order valence-corrected chi connectivity index (χ0v) is 22.1. The average Bonchev–Trinajstić information content (AvgIpc) is 3.11. The van der Waals surface area contributed by atoms with Crippen molar-refractivity contribution in [3.63, 3.8) is 0 Å². The number of carbonyl (C=O) groups excluding carboxylic acids is 1. The number of nitrogens with one attached hydrogen (secondary N) is 1. The second-order valence-corrected chi connectivity index (χ2v) is 12.0. The van der Waals surface area contributed by atoms with Crippen LogP contribution < -0.4 is 5.32 Å². The van der Waals surface area contributed by atoms with E-state index < -0.39 is 0 Å². The second kappa shape index (κ2) is 11.4. The number of hydroxylamine groups is 1. The minimum absolute atomic E-state index is 0.108. The van der Waals surface area contributed by atoms with Crippen LogP contribution in [0.25, 0.3) is 0 Å². The number of thiol groups is 1. The van der Waals surface area contributed by atoms with Crippen LogP contribution in [0.2, 0.25) is 0 Å². The number of carbonyl (C=O) groups is 1. The Balaban J connectivity index is 0.00000141. The van der Waals surface area contributed by atoms with E-state index in [1.54, 1.807) is 0 Å². The first-order valence-corrected chi connectivity index (χ1v) is 14.2. The molecular weight excluding hydrogens is 416 g/mol. The molecule has 186 valence electrons. The van der Waals surface area contributed by atoms with Gasteiger partial charge in [0, 0.05) is 13.0 Å². The van der Waals surface area contributed by atoms with Gasteiger partial charge in [-0.2, -0.15) is 0 Å². The predicted octanol–water partition coefficient (Wildman–Crippen LogP) is 6.88. The molecule has 0 spiro atoms. The van der Waals surface area contributed by atoms with E-state index in [4.69, 9.17) is 5.21 Å². The van der Waals surface area contributed by atoms with Gasteiger partial charge in [0.1, 0.15) is 0 Å². The molecule has 1 amide bonds. The molecule has 0 radical (unpaired) electrons. The Morgan fingerprint density at radius 1 is 1.00 bits per heavy atom. The van der Waals surface area contributed by atoms with Crippen LogP contribution in [-0.4, -0.2) is 28.7 Å². The highest BCUT2D eigenvalue weighted by Crippen LogP contribution is 2.67. The Labute approximate surface area is 203 Å². The maximum absolute atomic E-state index is 12.1. The van der Waals surface area contributed by atoms with Gasteiger partial charge in [-0.3, -0.25) is 4.79 Å². The van der Waals surface area contributed by atoms with Crippen molar-refractivity contribution < 1.29 is 10.0 Å². The van der Waals surface area contributed by atoms with E-state index in [1.807, 2.05) is 13.8 Å². The Kier molecular flexibility index (Phi) is 9.42. The summed E-state index contributed by atoms with van der Waals surface area (Å²) in [4.78, 5) is 12.1. The molecule has 0 aromatic heterocycles. The van der Waals surface area contributed by atoms with Crippen molar-refractivity contribution in [2.24, 2.45) is 40.4 Å². The Morgan fingerprint density at radius 2 is 1.75 bits per heavy atom. The number of hydrogen-bond donors (Lipinski definition) is 3. The van der Waals surface area contributed by atoms with Crippen LogP contribution in [0.15, 0.2) is 0 Å². The fourth-order valence-corrected chi connectivity index (χ4v) is 8.87. The van der Waals surface area contributed by atoms with Crippen molar-refractivity contribution >= 4 is 18.7 Å². The smallest absolute Gasteiger partial charge is 0.220 e. The van der Waals surface area contributed by atoms with Gasteiger partial charge in [0.15, 0.2) is 0 Å². The highest BCUT2D eigenvalue weighted by molar-refractivity contribution is 7.77. The van der Waals surface area contributed by atoms with Gasteiger partial charge in [0.25, 0.3) is 0 Å². The summed E-state index contributed by atoms with van der Waals surface area (Å²) in [6.45, 7) is 10.1. The SMILES string of the molecule is CC.CC12CCCCC1CCC1C2CCC2(C)C(CCCC(=O)NCCN(O)S)CCC12. The lowest BCUT2D eigenvalue weighted by atomic mass is 9.45. The normalized spacial score (nSPS) is 40.5. The lowest BCUT2D eigenvalue weighted by molar-refractivity contribution is -0.121. The first-order valence-electron chi connectivity index (χ1n) is 13.8. The molecule has 4 fully saturated rings. The molecule has 0 aliphatic heterocycles. The summed E-state index contributed by atoms with van der Waals surface area (Å²) in [5, 5.41) is 11.9. The van der Waals surface area contributed by atoms with Crippen molar-refractivity contribution in [3.05, 3.63) is 0 Å². The van der Waals surface area contributed by atoms with Gasteiger partial charge in [0.2, 0.25) is 5.91 Å². The number of hydrogen-bond acceptors (Lipinski definition) is 4. The van der Waals surface area contributed by atoms with Gasteiger partial charge >= 0.3 is 0 Å². The molecule has 7 atom stereocenters. The average molecular weight is 467 g/mol. The third kappa shape index (κ3) is 5.35. The minimum atomic E-state index is 0.108. The highest BCUT2D eigenvalue weighted by Gasteiger charge is 2.59. The largest absolute Gasteiger partial charge is 0.355 e. The number of rotatable bonds is 7. The van der Waals surface area contributed by atoms with Crippen LogP contribution in [0.4, 0.5) is 0 Å². The summed E-state index contributed by atoms with van der Waals surface area (Å²) in [5.74, 6) is 4.81. The molecule has 4 saturated carbocycles. The van der Waals surface area contributed by atoms with E-state index in [0.29, 0.717) is 30.3 Å². The standard InChI is InChI=1S/C25H44N2O2S.C2H6/c1-24-14-4-3-6-18(24)9-11-20-21-12-10-19(25(21,2)15-13-22(20)24)7-5-8-23(28)26-16-17-27(29)30;1-2/h18-22,29-30H,3-17H2,1-2H3,(H,26,28);1-2H3. The van der Waals surface area contributed by atoms with E-state index in [2.05, 4.69) is 32.0 Å². The van der Waals surface area contributed by atoms with Crippen LogP contribution >= 0.6 is 12.8 Å². The third-order valence-electron chi connectivity index (χ3n) is 10.4. The molecule has 0 aromatic carbocycles. The van der Waals surface area contributed by atoms with Gasteiger partial charge in [-0.1, -0.05) is 53.4 Å². The molecular formula is C27H50N2O2S. The van der Waals surface area contributed by atoms with Gasteiger partial charge in [-0.05, 0) is 105 Å². The molecule has 4 nitrogen and oxygen atoms in total. The topological polar surface area (TPSA) is 52.6 Å². The second-order valence-electron chi connectivity index (χ2n) is 11.6. The summed E-state index contributed by atoms with van der Waals surface area (Å²) < 4.78 is 0.817. The third-order valence-corrected chi connectivity index (χ3v) is 10.6. The van der Waals surface area contributed by atoms with E-state index in [1.165, 1.54) is 70.6 Å². The molecule has 0 aromatic rings. The maximum Gasteiger partial charge on any atom is 0.220 e. The monoisotopic (exact) mass is 466 g/mol. The summed E-state index contributed by atoms with van der Waals surface area (Å²) in [6.07, 6.45) is 17.4. The maximum atomic E-state index is 12.1. The van der Waals surface area contributed by atoms with E-state index in [-0.39, 0.29) is 5.91 Å². The Hall–Kier alpha value is -0.260. The Morgan fingerprint density at radius 3 is 2.50 bits per heavy atom. The molecule has 32 heavy (non-hydrogen) atoms. The van der Waals surface area contributed by atoms with Crippen LogP contribution in [-0.2, 0) is 4.79 Å². The van der Waals surface area contributed by atoms with Crippen LogP contribution in [0.5, 0.6) is 0 Å². The summed E-state index contributed by atoms with van der Waals surface area (Å²) >= 11 is 3.78. The van der Waals surface area contributed by atoms with E-state index >= 15 is 0 Å². The molecule has 7 unspecified atom stereocenters. The van der Waals surface area contributed by atoms with Gasteiger partial charge in [-0.25, -0.2) is 0 Å². The van der Waals surface area contributed by atoms with Crippen LogP contribution in [0, 0.1) is 40.4 Å². The molecule has 0 bridgehead atoms. The van der Waals surface area contributed by atoms with Crippen molar-refractivity contribution in [2.75, 3.05) is 13.1 Å². The fraction of sp³-hybridized carbons (Fsp3) is 0.963. The van der Waals surface area contributed by atoms with Crippen LogP contribution in [0.3, 0.4) is 0 Å². The lowest BCUT2D eigenvalue weighted by Crippen LogP contribution is -2.52. The van der Waals surface area contributed by atoms with Crippen molar-refractivity contribution in [3.8, 4) is 0 Å². The molecule has 4 aliphatic rings. The number of amides is 1. The van der Waals surface area contributed by atoms with Gasteiger partial charge in [-0.15, -0.1) is 4.47 Å². The lowest BCUT2D eigenvalue weighted by Gasteiger charge is -2.60. The Bertz CT molecular complexity index is 614. The molecule has 0 heterocycles. The summed E-state index contributed by atoms with van der Waals surface area (Å²) in [7, 11) is 0. The predicted molar refractivity (Wildman–Crippen MR) is 136 cm³/mol. The molecule has 5 heteroatoms. The molecule has 0 saturated heterocycles. The molecule has 2 N–H and O–H groups in total. The van der Waals surface area contributed by atoms with Crippen molar-refractivity contribution in [2.45, 2.75) is 111 Å². The first-order chi connectivity index (χ1) is 15.3. The quantitative estimate of drug-likeness (QED) is 0.283. The molecule has 4 rings (SSSR count). The first kappa shape index (κ1) is 26.3. The fourth-order valence-electron chi connectivity index (χ4n) is 8.77. The van der Waals surface area contributed by atoms with Crippen molar-refractivity contribution in [1.29, 1.82) is 0 Å². The summed E-state index contributed by atoms with van der Waals surface area (Å²) in [5.41, 5.74) is 1.15.